The van der Waals surface area contributed by atoms with Crippen LogP contribution in [0.5, 0.6) is 0 Å². The molecule has 0 aliphatic carbocycles. The van der Waals surface area contributed by atoms with E-state index in [4.69, 9.17) is 0 Å². The normalized spacial score (nSPS) is 11.6. The Labute approximate surface area is 92.5 Å². The summed E-state index contributed by atoms with van der Waals surface area (Å²) in [5.74, 6) is 0. The largest absolute Gasteiger partial charge is 0.389 e. The van der Waals surface area contributed by atoms with Crippen molar-refractivity contribution in [2.45, 2.75) is 33.3 Å². The third kappa shape index (κ3) is 3.56. The maximum Gasteiger partial charge on any atom is 0.0765 e. The summed E-state index contributed by atoms with van der Waals surface area (Å²) in [5, 5.41) is 9.73. The van der Waals surface area contributed by atoms with Crippen LogP contribution in [0.1, 0.15) is 25.0 Å². The van der Waals surface area contributed by atoms with Crippen molar-refractivity contribution in [3.63, 3.8) is 0 Å². The van der Waals surface area contributed by atoms with E-state index in [1.807, 2.05) is 20.9 Å². The first-order valence-electron chi connectivity index (χ1n) is 5.30. The molecule has 0 aromatic heterocycles. The number of rotatable bonds is 3. The molecule has 84 valence electrons. The molecule has 0 saturated carbocycles. The van der Waals surface area contributed by atoms with Gasteiger partial charge in [-0.2, -0.15) is 0 Å². The van der Waals surface area contributed by atoms with Crippen LogP contribution in [0.4, 0.5) is 5.69 Å². The number of likely N-dealkylation sites (N-methyl/N-ethyl adjacent to an activating group) is 1. The second kappa shape index (κ2) is 4.23. The minimum Gasteiger partial charge on any atom is -0.389 e. The Morgan fingerprint density at radius 1 is 1.20 bits per heavy atom. The van der Waals surface area contributed by atoms with Crippen LogP contribution in [0.3, 0.4) is 0 Å². The molecule has 1 aromatic rings. The van der Waals surface area contributed by atoms with Crippen molar-refractivity contribution in [3.05, 3.63) is 29.3 Å². The Bertz CT molecular complexity index is 339. The maximum absolute atomic E-state index is 9.73. The Morgan fingerprint density at radius 2 is 1.80 bits per heavy atom. The first kappa shape index (κ1) is 12.1. The summed E-state index contributed by atoms with van der Waals surface area (Å²) in [6, 6.07) is 6.36. The highest BCUT2D eigenvalue weighted by molar-refractivity contribution is 5.50. The lowest BCUT2D eigenvalue weighted by atomic mass is 10.1. The SMILES string of the molecule is Cc1ccc(N(C)CC(C)(C)O)cc1C. The molecule has 0 unspecified atom stereocenters. The van der Waals surface area contributed by atoms with Crippen molar-refractivity contribution in [2.24, 2.45) is 0 Å². The highest BCUT2D eigenvalue weighted by atomic mass is 16.3. The zero-order valence-corrected chi connectivity index (χ0v) is 10.3. The summed E-state index contributed by atoms with van der Waals surface area (Å²) in [6.45, 7) is 8.50. The number of aliphatic hydroxyl groups is 1. The Morgan fingerprint density at radius 3 is 2.27 bits per heavy atom. The van der Waals surface area contributed by atoms with Crippen molar-refractivity contribution < 1.29 is 5.11 Å². The molecule has 0 amide bonds. The molecule has 0 saturated heterocycles. The van der Waals surface area contributed by atoms with Crippen molar-refractivity contribution in [3.8, 4) is 0 Å². The van der Waals surface area contributed by atoms with E-state index in [0.29, 0.717) is 6.54 Å². The number of anilines is 1. The third-order valence-corrected chi connectivity index (χ3v) is 2.56. The second-order valence-corrected chi connectivity index (χ2v) is 4.94. The van der Waals surface area contributed by atoms with Crippen LogP contribution in [-0.2, 0) is 0 Å². The Balaban J connectivity index is 2.83. The summed E-state index contributed by atoms with van der Waals surface area (Å²) in [7, 11) is 2.00. The molecule has 1 aromatic carbocycles. The maximum atomic E-state index is 9.73. The lowest BCUT2D eigenvalue weighted by Gasteiger charge is -2.27. The van der Waals surface area contributed by atoms with E-state index in [2.05, 4.69) is 36.9 Å². The van der Waals surface area contributed by atoms with Gasteiger partial charge in [-0.15, -0.1) is 0 Å². The predicted octanol–water partition coefficient (Wildman–Crippen LogP) is 2.51. The molecule has 0 fully saturated rings. The van der Waals surface area contributed by atoms with E-state index in [0.717, 1.165) is 5.69 Å². The van der Waals surface area contributed by atoms with Crippen LogP contribution in [0.15, 0.2) is 18.2 Å². The van der Waals surface area contributed by atoms with Gasteiger partial charge in [0.15, 0.2) is 0 Å². The van der Waals surface area contributed by atoms with Crippen LogP contribution in [0.25, 0.3) is 0 Å². The van der Waals surface area contributed by atoms with Crippen molar-refractivity contribution in [1.82, 2.24) is 0 Å². The van der Waals surface area contributed by atoms with E-state index in [9.17, 15) is 5.11 Å². The van der Waals surface area contributed by atoms with Crippen LogP contribution in [-0.4, -0.2) is 24.3 Å². The fourth-order valence-electron chi connectivity index (χ4n) is 1.63. The zero-order valence-electron chi connectivity index (χ0n) is 10.3. The molecule has 0 radical (unpaired) electrons. The lowest BCUT2D eigenvalue weighted by Crippen LogP contribution is -2.36. The Hall–Kier alpha value is -1.02. The van der Waals surface area contributed by atoms with Gasteiger partial charge in [-0.1, -0.05) is 6.07 Å². The fraction of sp³-hybridized carbons (Fsp3) is 0.538. The second-order valence-electron chi connectivity index (χ2n) is 4.94. The summed E-state index contributed by atoms with van der Waals surface area (Å²) >= 11 is 0. The van der Waals surface area contributed by atoms with Crippen LogP contribution in [0.2, 0.25) is 0 Å². The summed E-state index contributed by atoms with van der Waals surface area (Å²) in [5.41, 5.74) is 3.08. The minimum atomic E-state index is -0.659. The van der Waals surface area contributed by atoms with Crippen LogP contribution < -0.4 is 4.90 Å². The number of hydrogen-bond acceptors (Lipinski definition) is 2. The predicted molar refractivity (Wildman–Crippen MR) is 65.5 cm³/mol. The van der Waals surface area contributed by atoms with Gasteiger partial charge in [-0.3, -0.25) is 0 Å². The van der Waals surface area contributed by atoms with Gasteiger partial charge in [-0.05, 0) is 51.0 Å². The number of benzene rings is 1. The van der Waals surface area contributed by atoms with Gasteiger partial charge in [0.05, 0.1) is 5.60 Å². The molecule has 0 bridgehead atoms. The monoisotopic (exact) mass is 207 g/mol. The highest BCUT2D eigenvalue weighted by Crippen LogP contribution is 2.19. The van der Waals surface area contributed by atoms with Gasteiger partial charge >= 0.3 is 0 Å². The van der Waals surface area contributed by atoms with Crippen LogP contribution in [0, 0.1) is 13.8 Å². The zero-order chi connectivity index (χ0) is 11.6. The molecule has 1 rings (SSSR count). The topological polar surface area (TPSA) is 23.5 Å². The molecule has 2 nitrogen and oxygen atoms in total. The third-order valence-electron chi connectivity index (χ3n) is 2.56. The smallest absolute Gasteiger partial charge is 0.0765 e. The van der Waals surface area contributed by atoms with Gasteiger partial charge in [-0.25, -0.2) is 0 Å². The highest BCUT2D eigenvalue weighted by Gasteiger charge is 2.15. The fourth-order valence-corrected chi connectivity index (χ4v) is 1.63. The summed E-state index contributed by atoms with van der Waals surface area (Å²) < 4.78 is 0. The number of nitrogens with zero attached hydrogens (tertiary/aromatic N) is 1. The molecule has 0 spiro atoms. The molecule has 0 aliphatic heterocycles. The molecular formula is C13H21NO. The van der Waals surface area contributed by atoms with E-state index >= 15 is 0 Å². The van der Waals surface area contributed by atoms with Crippen LogP contribution >= 0.6 is 0 Å². The van der Waals surface area contributed by atoms with E-state index < -0.39 is 5.60 Å². The van der Waals surface area contributed by atoms with Gasteiger partial charge in [0.2, 0.25) is 0 Å². The van der Waals surface area contributed by atoms with Crippen molar-refractivity contribution in [1.29, 1.82) is 0 Å². The number of hydrogen-bond donors (Lipinski definition) is 1. The quantitative estimate of drug-likeness (QED) is 0.823. The standard InChI is InChI=1S/C13H21NO/c1-10-6-7-12(8-11(10)2)14(5)9-13(3,4)15/h6-8,15H,9H2,1-5H3. The number of aryl methyl sites for hydroxylation is 2. The van der Waals surface area contributed by atoms with Crippen molar-refractivity contribution >= 4 is 5.69 Å². The summed E-state index contributed by atoms with van der Waals surface area (Å²) in [4.78, 5) is 2.08. The van der Waals surface area contributed by atoms with E-state index in [-0.39, 0.29) is 0 Å². The van der Waals surface area contributed by atoms with Gasteiger partial charge in [0.1, 0.15) is 0 Å². The van der Waals surface area contributed by atoms with Gasteiger partial charge in [0, 0.05) is 19.3 Å². The van der Waals surface area contributed by atoms with E-state index in [1.54, 1.807) is 0 Å². The molecule has 15 heavy (non-hydrogen) atoms. The first-order valence-corrected chi connectivity index (χ1v) is 5.30. The molecule has 0 heterocycles. The first-order chi connectivity index (χ1) is 6.79. The average Bonchev–Trinajstić information content (AvgIpc) is 2.06. The molecular weight excluding hydrogens is 186 g/mol. The summed E-state index contributed by atoms with van der Waals surface area (Å²) in [6.07, 6.45) is 0. The Kier molecular flexibility index (Phi) is 3.40. The van der Waals surface area contributed by atoms with E-state index in [1.165, 1.54) is 11.1 Å². The molecule has 2 heteroatoms. The molecule has 0 aliphatic rings. The van der Waals surface area contributed by atoms with Crippen molar-refractivity contribution in [2.75, 3.05) is 18.5 Å². The lowest BCUT2D eigenvalue weighted by molar-refractivity contribution is 0.0886. The average molecular weight is 207 g/mol. The minimum absolute atomic E-state index is 0.634. The van der Waals surface area contributed by atoms with Gasteiger partial charge < -0.3 is 10.0 Å². The molecule has 1 N–H and O–H groups in total. The van der Waals surface area contributed by atoms with Gasteiger partial charge in [0.25, 0.3) is 0 Å². The molecule has 0 atom stereocenters.